The van der Waals surface area contributed by atoms with Gasteiger partial charge in [0.25, 0.3) is 0 Å². The summed E-state index contributed by atoms with van der Waals surface area (Å²) in [5, 5.41) is 0. The predicted molar refractivity (Wildman–Crippen MR) is 124 cm³/mol. The molecule has 3 aromatic rings. The van der Waals surface area contributed by atoms with Gasteiger partial charge in [0, 0.05) is 6.08 Å². The molecule has 0 aromatic heterocycles. The second kappa shape index (κ2) is 9.93. The van der Waals surface area contributed by atoms with Crippen molar-refractivity contribution in [2.24, 2.45) is 0 Å². The summed E-state index contributed by atoms with van der Waals surface area (Å²) in [6.45, 7) is 6.44. The molecule has 3 aromatic carbocycles. The maximum absolute atomic E-state index is 11.8. The van der Waals surface area contributed by atoms with Gasteiger partial charge in [-0.2, -0.15) is 0 Å². The van der Waals surface area contributed by atoms with Crippen LogP contribution in [0.4, 0.5) is 0 Å². The van der Waals surface area contributed by atoms with Gasteiger partial charge in [-0.25, -0.2) is 4.79 Å². The Bertz CT molecular complexity index is 1060. The van der Waals surface area contributed by atoms with Crippen LogP contribution in [0.15, 0.2) is 66.7 Å². The van der Waals surface area contributed by atoms with Crippen LogP contribution in [0.2, 0.25) is 0 Å². The number of hydrogen-bond acceptors (Lipinski definition) is 3. The molecule has 0 heterocycles. The highest BCUT2D eigenvalue weighted by Gasteiger charge is 2.10. The van der Waals surface area contributed by atoms with E-state index in [0.29, 0.717) is 6.61 Å². The predicted octanol–water partition coefficient (Wildman–Crippen LogP) is 6.48. The van der Waals surface area contributed by atoms with Gasteiger partial charge in [-0.15, -0.1) is 0 Å². The highest BCUT2D eigenvalue weighted by Crippen LogP contribution is 2.33. The van der Waals surface area contributed by atoms with E-state index in [0.717, 1.165) is 28.9 Å². The van der Waals surface area contributed by atoms with Crippen LogP contribution in [0.1, 0.15) is 30.5 Å². The van der Waals surface area contributed by atoms with Gasteiger partial charge in [0.05, 0.1) is 13.7 Å². The Hall–Kier alpha value is -3.33. The van der Waals surface area contributed by atoms with Crippen molar-refractivity contribution in [2.75, 3.05) is 13.7 Å². The zero-order chi connectivity index (χ0) is 21.5. The molecule has 3 nitrogen and oxygen atoms in total. The number of ether oxygens (including phenoxy) is 2. The van der Waals surface area contributed by atoms with Gasteiger partial charge in [0.2, 0.25) is 0 Å². The van der Waals surface area contributed by atoms with Crippen LogP contribution >= 0.6 is 0 Å². The lowest BCUT2D eigenvalue weighted by Crippen LogP contribution is -1.99. The van der Waals surface area contributed by atoms with Crippen molar-refractivity contribution in [3.05, 3.63) is 83.4 Å². The Kier molecular flexibility index (Phi) is 7.08. The van der Waals surface area contributed by atoms with Crippen LogP contribution in [0.25, 0.3) is 28.3 Å². The topological polar surface area (TPSA) is 35.5 Å². The van der Waals surface area contributed by atoms with Crippen LogP contribution in [0.3, 0.4) is 0 Å². The highest BCUT2D eigenvalue weighted by atomic mass is 16.5. The van der Waals surface area contributed by atoms with E-state index in [-0.39, 0.29) is 5.97 Å². The molecule has 0 radical (unpaired) electrons. The second-order valence-corrected chi connectivity index (χ2v) is 7.13. The summed E-state index contributed by atoms with van der Waals surface area (Å²) < 4.78 is 10.4. The molecule has 3 rings (SSSR count). The summed E-state index contributed by atoms with van der Waals surface area (Å²) in [6, 6.07) is 21.1. The Balaban J connectivity index is 2.05. The number of carbonyl (C=O) groups is 1. The molecule has 0 amide bonds. The molecule has 0 aliphatic carbocycles. The van der Waals surface area contributed by atoms with E-state index in [2.05, 4.69) is 56.3 Å². The zero-order valence-electron chi connectivity index (χ0n) is 18.1. The number of aryl methyl sites for hydroxylation is 2. The fourth-order valence-electron chi connectivity index (χ4n) is 3.56. The molecule has 0 fully saturated rings. The Morgan fingerprint density at radius 1 is 0.933 bits per heavy atom. The average molecular weight is 401 g/mol. The molecular formula is C27H28O3. The molecule has 0 atom stereocenters. The largest absolute Gasteiger partial charge is 0.497 e. The highest BCUT2D eigenvalue weighted by molar-refractivity contribution is 5.89. The number of hydrogen-bond donors (Lipinski definition) is 0. The number of rotatable bonds is 7. The first kappa shape index (κ1) is 21.4. The summed E-state index contributed by atoms with van der Waals surface area (Å²) in [5.74, 6) is 0.393. The maximum Gasteiger partial charge on any atom is 0.330 e. The van der Waals surface area contributed by atoms with Gasteiger partial charge < -0.3 is 9.47 Å². The van der Waals surface area contributed by atoms with Crippen LogP contribution < -0.4 is 4.74 Å². The minimum atomic E-state index is -0.352. The third-order valence-corrected chi connectivity index (χ3v) is 5.07. The van der Waals surface area contributed by atoms with Gasteiger partial charge in [-0.05, 0) is 71.9 Å². The van der Waals surface area contributed by atoms with Gasteiger partial charge >= 0.3 is 5.97 Å². The van der Waals surface area contributed by atoms with E-state index in [4.69, 9.17) is 9.47 Å². The van der Waals surface area contributed by atoms with E-state index in [1.54, 1.807) is 20.1 Å². The molecule has 0 unspecified atom stereocenters. The Labute approximate surface area is 179 Å². The minimum absolute atomic E-state index is 0.352. The summed E-state index contributed by atoms with van der Waals surface area (Å²) in [6.07, 6.45) is 4.18. The first-order valence-electron chi connectivity index (χ1n) is 10.3. The van der Waals surface area contributed by atoms with Crippen molar-refractivity contribution >= 4 is 12.0 Å². The fourth-order valence-corrected chi connectivity index (χ4v) is 3.56. The van der Waals surface area contributed by atoms with E-state index in [1.165, 1.54) is 28.3 Å². The first-order chi connectivity index (χ1) is 14.5. The Morgan fingerprint density at radius 2 is 1.70 bits per heavy atom. The van der Waals surface area contributed by atoms with Gasteiger partial charge in [-0.1, -0.05) is 61.0 Å². The SMILES string of the molecule is CCOC(=O)/C=C/c1cc(OC)ccc1-c1ccc(-c2cccc(C)c2)c(CC)c1. The van der Waals surface area contributed by atoms with Gasteiger partial charge in [0.15, 0.2) is 0 Å². The third kappa shape index (κ3) is 4.98. The molecule has 154 valence electrons. The average Bonchev–Trinajstić information content (AvgIpc) is 2.77. The van der Waals surface area contributed by atoms with Crippen LogP contribution in [0, 0.1) is 6.92 Å². The van der Waals surface area contributed by atoms with Gasteiger partial charge in [0.1, 0.15) is 5.75 Å². The van der Waals surface area contributed by atoms with Crippen LogP contribution in [-0.2, 0) is 16.0 Å². The van der Waals surface area contributed by atoms with Crippen molar-refractivity contribution in [3.8, 4) is 28.0 Å². The summed E-state index contributed by atoms with van der Waals surface area (Å²) in [5.41, 5.74) is 8.08. The normalized spacial score (nSPS) is 10.9. The summed E-state index contributed by atoms with van der Waals surface area (Å²) in [7, 11) is 1.64. The fraction of sp³-hybridized carbons (Fsp3) is 0.222. The van der Waals surface area contributed by atoms with Crippen molar-refractivity contribution in [1.82, 2.24) is 0 Å². The Morgan fingerprint density at radius 3 is 2.40 bits per heavy atom. The lowest BCUT2D eigenvalue weighted by atomic mass is 9.91. The number of carbonyl (C=O) groups excluding carboxylic acids is 1. The van der Waals surface area contributed by atoms with Crippen LogP contribution in [-0.4, -0.2) is 19.7 Å². The summed E-state index contributed by atoms with van der Waals surface area (Å²) in [4.78, 5) is 11.8. The molecular weight excluding hydrogens is 372 g/mol. The summed E-state index contributed by atoms with van der Waals surface area (Å²) >= 11 is 0. The molecule has 0 aliphatic heterocycles. The van der Waals surface area contributed by atoms with E-state index in [9.17, 15) is 4.79 Å². The molecule has 0 aliphatic rings. The molecule has 0 N–H and O–H groups in total. The quantitative estimate of drug-likeness (QED) is 0.336. The van der Waals surface area contributed by atoms with Gasteiger partial charge in [-0.3, -0.25) is 0 Å². The van der Waals surface area contributed by atoms with Crippen molar-refractivity contribution < 1.29 is 14.3 Å². The van der Waals surface area contributed by atoms with Crippen molar-refractivity contribution in [3.63, 3.8) is 0 Å². The van der Waals surface area contributed by atoms with Crippen molar-refractivity contribution in [2.45, 2.75) is 27.2 Å². The standard InChI is InChI=1S/C27H28O3/c1-5-20-17-22(10-13-25(20)21-9-7-8-19(3)16-21)26-14-12-24(29-4)18-23(26)11-15-27(28)30-6-2/h7-18H,5-6H2,1-4H3/b15-11+. The lowest BCUT2D eigenvalue weighted by Gasteiger charge is -2.14. The van der Waals surface area contributed by atoms with Crippen LogP contribution in [0.5, 0.6) is 5.75 Å². The van der Waals surface area contributed by atoms with E-state index in [1.807, 2.05) is 18.2 Å². The molecule has 0 saturated carbocycles. The van der Waals surface area contributed by atoms with E-state index >= 15 is 0 Å². The van der Waals surface area contributed by atoms with Crippen molar-refractivity contribution in [1.29, 1.82) is 0 Å². The first-order valence-corrected chi connectivity index (χ1v) is 10.3. The molecule has 0 saturated heterocycles. The lowest BCUT2D eigenvalue weighted by molar-refractivity contribution is -0.137. The smallest absolute Gasteiger partial charge is 0.330 e. The monoisotopic (exact) mass is 400 g/mol. The molecule has 0 spiro atoms. The molecule has 30 heavy (non-hydrogen) atoms. The van der Waals surface area contributed by atoms with E-state index < -0.39 is 0 Å². The molecule has 0 bridgehead atoms. The number of methoxy groups -OCH3 is 1. The minimum Gasteiger partial charge on any atom is -0.497 e. The number of esters is 1. The maximum atomic E-state index is 11.8. The molecule has 3 heteroatoms. The second-order valence-electron chi connectivity index (χ2n) is 7.13. The third-order valence-electron chi connectivity index (χ3n) is 5.07. The number of benzene rings is 3. The zero-order valence-corrected chi connectivity index (χ0v) is 18.1.